The van der Waals surface area contributed by atoms with Crippen LogP contribution in [0, 0.1) is 0 Å². The molecule has 1 saturated carbocycles. The summed E-state index contributed by atoms with van der Waals surface area (Å²) in [7, 11) is 2.04. The second-order valence-corrected chi connectivity index (χ2v) is 5.37. The van der Waals surface area contributed by atoms with Crippen molar-refractivity contribution in [2.75, 3.05) is 20.1 Å². The number of nitrogens with zero attached hydrogens (tertiary/aromatic N) is 2. The van der Waals surface area contributed by atoms with Gasteiger partial charge in [-0.05, 0) is 40.7 Å². The Morgan fingerprint density at radius 1 is 1.28 bits per heavy atom. The molecule has 0 saturated heterocycles. The van der Waals surface area contributed by atoms with E-state index in [0.717, 1.165) is 25.9 Å². The van der Waals surface area contributed by atoms with Gasteiger partial charge in [0, 0.05) is 25.2 Å². The van der Waals surface area contributed by atoms with Crippen LogP contribution in [0.15, 0.2) is 0 Å². The van der Waals surface area contributed by atoms with Crippen LogP contribution in [-0.4, -0.2) is 54.0 Å². The molecule has 0 heterocycles. The van der Waals surface area contributed by atoms with Crippen molar-refractivity contribution in [2.45, 2.75) is 64.6 Å². The molecule has 18 heavy (non-hydrogen) atoms. The van der Waals surface area contributed by atoms with Gasteiger partial charge in [-0.15, -0.1) is 0 Å². The topological polar surface area (TPSA) is 49.6 Å². The van der Waals surface area contributed by atoms with Crippen LogP contribution in [0.25, 0.3) is 0 Å². The van der Waals surface area contributed by atoms with Gasteiger partial charge in [-0.25, -0.2) is 0 Å². The standard InChI is InChI=1S/C14H29N3O/c1-5-17(6-2)14(18)11(3)16(4)13-10-8-7-9-12(13)15/h11-13H,5-10,15H2,1-4H3. The minimum absolute atomic E-state index is 0.0703. The van der Waals surface area contributed by atoms with Gasteiger partial charge in [0.25, 0.3) is 0 Å². The fraction of sp³-hybridized carbons (Fsp3) is 0.929. The molecule has 2 N–H and O–H groups in total. The number of nitrogens with two attached hydrogens (primary N) is 1. The first-order valence-corrected chi connectivity index (χ1v) is 7.29. The maximum Gasteiger partial charge on any atom is 0.239 e. The highest BCUT2D eigenvalue weighted by molar-refractivity contribution is 5.81. The van der Waals surface area contributed by atoms with Crippen LogP contribution in [0.3, 0.4) is 0 Å². The first kappa shape index (κ1) is 15.4. The second kappa shape index (κ2) is 7.10. The third-order valence-corrected chi connectivity index (χ3v) is 4.35. The fourth-order valence-electron chi connectivity index (χ4n) is 2.91. The normalized spacial score (nSPS) is 26.1. The Morgan fingerprint density at radius 3 is 2.33 bits per heavy atom. The van der Waals surface area contributed by atoms with Crippen LogP contribution >= 0.6 is 0 Å². The van der Waals surface area contributed by atoms with E-state index in [9.17, 15) is 4.79 Å². The van der Waals surface area contributed by atoms with E-state index in [0.29, 0.717) is 6.04 Å². The second-order valence-electron chi connectivity index (χ2n) is 5.37. The molecule has 1 rings (SSSR count). The molecule has 0 aromatic rings. The lowest BCUT2D eigenvalue weighted by Crippen LogP contribution is -2.55. The molecule has 1 aliphatic carbocycles. The number of rotatable bonds is 5. The average molecular weight is 255 g/mol. The number of amides is 1. The van der Waals surface area contributed by atoms with E-state index in [1.54, 1.807) is 0 Å². The van der Waals surface area contributed by atoms with E-state index >= 15 is 0 Å². The van der Waals surface area contributed by atoms with Crippen molar-refractivity contribution < 1.29 is 4.79 Å². The molecule has 0 spiro atoms. The Hall–Kier alpha value is -0.610. The van der Waals surface area contributed by atoms with Gasteiger partial charge in [-0.3, -0.25) is 9.69 Å². The minimum atomic E-state index is -0.0703. The van der Waals surface area contributed by atoms with Crippen LogP contribution < -0.4 is 5.73 Å². The van der Waals surface area contributed by atoms with Gasteiger partial charge in [0.05, 0.1) is 6.04 Å². The van der Waals surface area contributed by atoms with Gasteiger partial charge in [0.2, 0.25) is 5.91 Å². The lowest BCUT2D eigenvalue weighted by molar-refractivity contribution is -0.136. The van der Waals surface area contributed by atoms with E-state index < -0.39 is 0 Å². The predicted octanol–water partition coefficient (Wildman–Crippen LogP) is 1.45. The van der Waals surface area contributed by atoms with Gasteiger partial charge >= 0.3 is 0 Å². The predicted molar refractivity (Wildman–Crippen MR) is 75.4 cm³/mol. The Morgan fingerprint density at radius 2 is 1.83 bits per heavy atom. The van der Waals surface area contributed by atoms with Gasteiger partial charge in [-0.1, -0.05) is 12.8 Å². The summed E-state index contributed by atoms with van der Waals surface area (Å²) in [6, 6.07) is 0.503. The summed E-state index contributed by atoms with van der Waals surface area (Å²) in [5.74, 6) is 0.222. The van der Waals surface area contributed by atoms with Gasteiger partial charge in [-0.2, -0.15) is 0 Å². The number of hydrogen-bond donors (Lipinski definition) is 1. The van der Waals surface area contributed by atoms with Crippen molar-refractivity contribution in [1.29, 1.82) is 0 Å². The van der Waals surface area contributed by atoms with Crippen molar-refractivity contribution >= 4 is 5.91 Å². The van der Waals surface area contributed by atoms with Crippen molar-refractivity contribution in [1.82, 2.24) is 9.80 Å². The summed E-state index contributed by atoms with van der Waals surface area (Å²) in [6.45, 7) is 7.62. The summed E-state index contributed by atoms with van der Waals surface area (Å²) in [5, 5.41) is 0. The summed E-state index contributed by atoms with van der Waals surface area (Å²) in [4.78, 5) is 16.4. The number of carbonyl (C=O) groups excluding carboxylic acids is 1. The van der Waals surface area contributed by atoms with Crippen LogP contribution in [-0.2, 0) is 4.79 Å². The highest BCUT2D eigenvalue weighted by atomic mass is 16.2. The van der Waals surface area contributed by atoms with Crippen molar-refractivity contribution in [2.24, 2.45) is 5.73 Å². The zero-order chi connectivity index (χ0) is 13.7. The minimum Gasteiger partial charge on any atom is -0.342 e. The number of likely N-dealkylation sites (N-methyl/N-ethyl adjacent to an activating group) is 2. The molecule has 0 aromatic heterocycles. The number of hydrogen-bond acceptors (Lipinski definition) is 3. The zero-order valence-electron chi connectivity index (χ0n) is 12.4. The molecule has 4 heteroatoms. The summed E-state index contributed by atoms with van der Waals surface area (Å²) < 4.78 is 0. The smallest absolute Gasteiger partial charge is 0.239 e. The quantitative estimate of drug-likeness (QED) is 0.809. The molecular weight excluding hydrogens is 226 g/mol. The third-order valence-electron chi connectivity index (χ3n) is 4.35. The first-order valence-electron chi connectivity index (χ1n) is 7.29. The third kappa shape index (κ3) is 3.45. The fourth-order valence-corrected chi connectivity index (χ4v) is 2.91. The van der Waals surface area contributed by atoms with E-state index in [2.05, 4.69) is 4.90 Å². The van der Waals surface area contributed by atoms with Crippen LogP contribution in [0.4, 0.5) is 0 Å². The monoisotopic (exact) mass is 255 g/mol. The Labute approximate surface area is 111 Å². The maximum absolute atomic E-state index is 12.3. The van der Waals surface area contributed by atoms with Crippen LogP contribution in [0.5, 0.6) is 0 Å². The number of carbonyl (C=O) groups is 1. The van der Waals surface area contributed by atoms with Gasteiger partial charge in [0.1, 0.15) is 0 Å². The summed E-state index contributed by atoms with van der Waals surface area (Å²) in [5.41, 5.74) is 6.19. The molecule has 0 aromatic carbocycles. The lowest BCUT2D eigenvalue weighted by Gasteiger charge is -2.40. The molecule has 0 bridgehead atoms. The molecule has 106 valence electrons. The summed E-state index contributed by atoms with van der Waals surface area (Å²) >= 11 is 0. The first-order chi connectivity index (χ1) is 8.52. The lowest BCUT2D eigenvalue weighted by atomic mass is 9.89. The largest absolute Gasteiger partial charge is 0.342 e. The zero-order valence-corrected chi connectivity index (χ0v) is 12.4. The molecule has 1 amide bonds. The van der Waals surface area contributed by atoms with Crippen LogP contribution in [0.2, 0.25) is 0 Å². The molecule has 4 nitrogen and oxygen atoms in total. The Kier molecular flexibility index (Phi) is 6.09. The van der Waals surface area contributed by atoms with E-state index in [4.69, 9.17) is 5.73 Å². The van der Waals surface area contributed by atoms with E-state index in [1.807, 2.05) is 32.7 Å². The van der Waals surface area contributed by atoms with Crippen molar-refractivity contribution in [3.05, 3.63) is 0 Å². The molecule has 0 aliphatic heterocycles. The molecular formula is C14H29N3O. The van der Waals surface area contributed by atoms with Gasteiger partial charge in [0.15, 0.2) is 0 Å². The average Bonchev–Trinajstić information content (AvgIpc) is 2.39. The highest BCUT2D eigenvalue weighted by Gasteiger charge is 2.31. The highest BCUT2D eigenvalue weighted by Crippen LogP contribution is 2.22. The molecule has 3 atom stereocenters. The molecule has 0 radical (unpaired) electrons. The van der Waals surface area contributed by atoms with E-state index in [-0.39, 0.29) is 18.0 Å². The molecule has 1 aliphatic rings. The van der Waals surface area contributed by atoms with E-state index in [1.165, 1.54) is 12.8 Å². The Balaban J connectivity index is 2.64. The van der Waals surface area contributed by atoms with Crippen molar-refractivity contribution in [3.8, 4) is 0 Å². The molecule has 1 fully saturated rings. The van der Waals surface area contributed by atoms with Crippen LogP contribution in [0.1, 0.15) is 46.5 Å². The maximum atomic E-state index is 12.3. The van der Waals surface area contributed by atoms with Crippen molar-refractivity contribution in [3.63, 3.8) is 0 Å². The molecule has 3 unspecified atom stereocenters. The summed E-state index contributed by atoms with van der Waals surface area (Å²) in [6.07, 6.45) is 4.66. The SMILES string of the molecule is CCN(CC)C(=O)C(C)N(C)C1CCCCC1N. The van der Waals surface area contributed by atoms with Gasteiger partial charge < -0.3 is 10.6 Å². The Bertz CT molecular complexity index is 266.